The van der Waals surface area contributed by atoms with E-state index in [0.29, 0.717) is 4.31 Å². The standard InChI is InChI=1S/C10H12BrClF3NO3S/c1-6(2)16(5-10(13,14)15)20(17,18)8-3-7(4-12)19-9(8)11/h3,6H,4-5H2,1-2H3. The van der Waals surface area contributed by atoms with E-state index in [1.54, 1.807) is 0 Å². The lowest BCUT2D eigenvalue weighted by Gasteiger charge is -2.26. The fourth-order valence-electron chi connectivity index (χ4n) is 1.49. The first-order valence-electron chi connectivity index (χ1n) is 5.42. The molecule has 0 saturated heterocycles. The van der Waals surface area contributed by atoms with E-state index in [1.165, 1.54) is 13.8 Å². The van der Waals surface area contributed by atoms with Crippen molar-refractivity contribution in [3.8, 4) is 0 Å². The molecule has 0 amide bonds. The molecule has 0 aromatic carbocycles. The normalized spacial score (nSPS) is 13.4. The second-order valence-corrected chi connectivity index (χ2v) is 7.09. The van der Waals surface area contributed by atoms with Gasteiger partial charge in [-0.25, -0.2) is 8.42 Å². The van der Waals surface area contributed by atoms with E-state index >= 15 is 0 Å². The number of furan rings is 1. The predicted octanol–water partition coefficient (Wildman–Crippen LogP) is 3.74. The van der Waals surface area contributed by atoms with E-state index in [9.17, 15) is 21.6 Å². The van der Waals surface area contributed by atoms with Crippen molar-refractivity contribution in [2.45, 2.75) is 36.8 Å². The molecular weight excluding hydrogens is 387 g/mol. The Morgan fingerprint density at radius 1 is 1.45 bits per heavy atom. The van der Waals surface area contributed by atoms with Crippen LogP contribution in [0, 0.1) is 0 Å². The van der Waals surface area contributed by atoms with Gasteiger partial charge in [0.05, 0.1) is 5.88 Å². The average molecular weight is 399 g/mol. The van der Waals surface area contributed by atoms with Crippen molar-refractivity contribution in [2.24, 2.45) is 0 Å². The molecule has 0 bridgehead atoms. The first-order chi connectivity index (χ1) is 8.99. The Balaban J connectivity index is 3.26. The topological polar surface area (TPSA) is 50.5 Å². The Hall–Kier alpha value is -0.250. The number of hydrogen-bond donors (Lipinski definition) is 0. The Morgan fingerprint density at radius 2 is 2.00 bits per heavy atom. The molecular formula is C10H12BrClF3NO3S. The van der Waals surface area contributed by atoms with Crippen LogP contribution in [0.5, 0.6) is 0 Å². The van der Waals surface area contributed by atoms with Gasteiger partial charge < -0.3 is 4.42 Å². The minimum Gasteiger partial charge on any atom is -0.452 e. The smallest absolute Gasteiger partial charge is 0.402 e. The van der Waals surface area contributed by atoms with Crippen molar-refractivity contribution < 1.29 is 26.0 Å². The molecule has 10 heteroatoms. The molecule has 0 radical (unpaired) electrons. The summed E-state index contributed by atoms with van der Waals surface area (Å²) in [7, 11) is -4.34. The van der Waals surface area contributed by atoms with Crippen molar-refractivity contribution in [2.75, 3.05) is 6.54 Å². The summed E-state index contributed by atoms with van der Waals surface area (Å²) in [5.74, 6) is 0.0579. The molecule has 1 aromatic rings. The number of hydrogen-bond acceptors (Lipinski definition) is 3. The molecule has 0 aliphatic rings. The Bertz CT molecular complexity index is 571. The zero-order valence-corrected chi connectivity index (χ0v) is 13.7. The molecule has 0 N–H and O–H groups in total. The predicted molar refractivity (Wildman–Crippen MR) is 71.0 cm³/mol. The van der Waals surface area contributed by atoms with E-state index < -0.39 is 28.8 Å². The molecule has 0 fully saturated rings. The van der Waals surface area contributed by atoms with Crippen LogP contribution in [0.15, 0.2) is 20.0 Å². The van der Waals surface area contributed by atoms with Gasteiger partial charge >= 0.3 is 6.18 Å². The summed E-state index contributed by atoms with van der Waals surface area (Å²) in [5, 5.41) is 0. The van der Waals surface area contributed by atoms with Crippen LogP contribution in [0.4, 0.5) is 13.2 Å². The number of halogens is 5. The maximum absolute atomic E-state index is 12.5. The Morgan fingerprint density at radius 3 is 2.35 bits per heavy atom. The highest BCUT2D eigenvalue weighted by molar-refractivity contribution is 9.10. The second-order valence-electron chi connectivity index (χ2n) is 4.24. The number of nitrogens with zero attached hydrogens (tertiary/aromatic N) is 1. The Labute approximate surface area is 128 Å². The van der Waals surface area contributed by atoms with Crippen molar-refractivity contribution in [3.63, 3.8) is 0 Å². The van der Waals surface area contributed by atoms with Gasteiger partial charge in [0.15, 0.2) is 4.67 Å². The maximum atomic E-state index is 12.5. The van der Waals surface area contributed by atoms with Crippen molar-refractivity contribution in [3.05, 3.63) is 16.5 Å². The van der Waals surface area contributed by atoms with Crippen LogP contribution in [0.2, 0.25) is 0 Å². The van der Waals surface area contributed by atoms with Gasteiger partial charge in [0.25, 0.3) is 0 Å². The highest BCUT2D eigenvalue weighted by Crippen LogP contribution is 2.32. The highest BCUT2D eigenvalue weighted by Gasteiger charge is 2.40. The quantitative estimate of drug-likeness (QED) is 0.710. The van der Waals surface area contributed by atoms with E-state index in [1.807, 2.05) is 0 Å². The third-order valence-electron chi connectivity index (χ3n) is 2.34. The summed E-state index contributed by atoms with van der Waals surface area (Å²) in [4.78, 5) is -0.369. The van der Waals surface area contributed by atoms with Gasteiger partial charge in [-0.15, -0.1) is 11.6 Å². The van der Waals surface area contributed by atoms with Crippen LogP contribution >= 0.6 is 27.5 Å². The fraction of sp³-hybridized carbons (Fsp3) is 0.600. The maximum Gasteiger partial charge on any atom is 0.402 e. The minimum atomic E-state index is -4.64. The lowest BCUT2D eigenvalue weighted by atomic mass is 10.4. The van der Waals surface area contributed by atoms with Crippen molar-refractivity contribution in [1.82, 2.24) is 4.31 Å². The number of rotatable bonds is 5. The van der Waals surface area contributed by atoms with Gasteiger partial charge in [-0.1, -0.05) is 0 Å². The minimum absolute atomic E-state index is 0.0882. The van der Waals surface area contributed by atoms with Crippen LogP contribution in [0.3, 0.4) is 0 Å². The second kappa shape index (κ2) is 6.25. The fourth-order valence-corrected chi connectivity index (χ4v) is 4.20. The molecule has 1 heterocycles. The molecule has 0 spiro atoms. The summed E-state index contributed by atoms with van der Waals surface area (Å²) in [6.45, 7) is 1.15. The number of sulfonamides is 1. The van der Waals surface area contributed by atoms with Gasteiger partial charge in [0.2, 0.25) is 10.0 Å². The molecule has 0 aliphatic carbocycles. The van der Waals surface area contributed by atoms with Crippen LogP contribution in [-0.2, 0) is 15.9 Å². The number of alkyl halides is 4. The lowest BCUT2D eigenvalue weighted by Crippen LogP contribution is -2.43. The van der Waals surface area contributed by atoms with Crippen molar-refractivity contribution >= 4 is 37.6 Å². The molecule has 1 aromatic heterocycles. The van der Waals surface area contributed by atoms with Crippen LogP contribution in [0.25, 0.3) is 0 Å². The van der Waals surface area contributed by atoms with Crippen LogP contribution < -0.4 is 0 Å². The SMILES string of the molecule is CC(C)N(CC(F)(F)F)S(=O)(=O)c1cc(CCl)oc1Br. The molecule has 1 rings (SSSR count). The zero-order chi connectivity index (χ0) is 15.7. The van der Waals surface area contributed by atoms with Crippen LogP contribution in [-0.4, -0.2) is 31.5 Å². The lowest BCUT2D eigenvalue weighted by molar-refractivity contribution is -0.138. The first kappa shape index (κ1) is 17.8. The van der Waals surface area contributed by atoms with Gasteiger partial charge in [-0.05, 0) is 29.8 Å². The largest absolute Gasteiger partial charge is 0.452 e. The van der Waals surface area contributed by atoms with E-state index in [-0.39, 0.29) is 21.2 Å². The van der Waals surface area contributed by atoms with Gasteiger partial charge in [0.1, 0.15) is 17.2 Å². The van der Waals surface area contributed by atoms with E-state index in [0.717, 1.165) is 6.07 Å². The monoisotopic (exact) mass is 397 g/mol. The molecule has 4 nitrogen and oxygen atoms in total. The van der Waals surface area contributed by atoms with Gasteiger partial charge in [-0.3, -0.25) is 0 Å². The third kappa shape index (κ3) is 4.12. The summed E-state index contributed by atoms with van der Waals surface area (Å²) >= 11 is 8.39. The van der Waals surface area contributed by atoms with Crippen molar-refractivity contribution in [1.29, 1.82) is 0 Å². The summed E-state index contributed by atoms with van der Waals surface area (Å²) in [5.41, 5.74) is 0. The summed E-state index contributed by atoms with van der Waals surface area (Å²) < 4.78 is 67.4. The highest BCUT2D eigenvalue weighted by atomic mass is 79.9. The van der Waals surface area contributed by atoms with E-state index in [2.05, 4.69) is 15.9 Å². The molecule has 0 unspecified atom stereocenters. The molecule has 0 atom stereocenters. The van der Waals surface area contributed by atoms with Gasteiger partial charge in [0, 0.05) is 12.1 Å². The molecule has 20 heavy (non-hydrogen) atoms. The summed E-state index contributed by atoms with van der Waals surface area (Å²) in [6.07, 6.45) is -4.64. The average Bonchev–Trinajstić information content (AvgIpc) is 2.66. The summed E-state index contributed by atoms with van der Waals surface area (Å²) in [6, 6.07) is 0.251. The zero-order valence-electron chi connectivity index (χ0n) is 10.5. The molecule has 0 aliphatic heterocycles. The van der Waals surface area contributed by atoms with E-state index in [4.69, 9.17) is 16.0 Å². The van der Waals surface area contributed by atoms with Gasteiger partial charge in [-0.2, -0.15) is 17.5 Å². The van der Waals surface area contributed by atoms with Crippen LogP contribution in [0.1, 0.15) is 19.6 Å². The Kier molecular flexibility index (Phi) is 5.56. The first-order valence-corrected chi connectivity index (χ1v) is 8.18. The molecule has 0 saturated carbocycles. The third-order valence-corrected chi connectivity index (χ3v) is 5.48. The molecule has 116 valence electrons.